The van der Waals surface area contributed by atoms with E-state index in [0.29, 0.717) is 12.5 Å². The van der Waals surface area contributed by atoms with E-state index < -0.39 is 0 Å². The molecule has 0 aromatic carbocycles. The van der Waals surface area contributed by atoms with Crippen molar-refractivity contribution in [1.82, 2.24) is 4.90 Å². The lowest BCUT2D eigenvalue weighted by Crippen LogP contribution is -2.37. The smallest absolute Gasteiger partial charge is 0.0638 e. The first-order chi connectivity index (χ1) is 6.15. The van der Waals surface area contributed by atoms with Crippen LogP contribution in [0.2, 0.25) is 0 Å². The molecule has 0 amide bonds. The molecule has 0 aliphatic carbocycles. The summed E-state index contributed by atoms with van der Waals surface area (Å²) < 4.78 is 0. The molecule has 1 heterocycles. The van der Waals surface area contributed by atoms with Crippen molar-refractivity contribution < 1.29 is 0 Å². The van der Waals surface area contributed by atoms with Gasteiger partial charge in [0.1, 0.15) is 0 Å². The summed E-state index contributed by atoms with van der Waals surface area (Å²) in [4.78, 5) is 2.39. The Kier molecular flexibility index (Phi) is 3.50. The van der Waals surface area contributed by atoms with Gasteiger partial charge in [-0.2, -0.15) is 5.26 Å². The SMILES string of the molecule is CC1=C(C)CN(C(C)CC#N)CC1. The van der Waals surface area contributed by atoms with Gasteiger partial charge in [0.15, 0.2) is 0 Å². The second-order valence-corrected chi connectivity index (χ2v) is 3.99. The average molecular weight is 178 g/mol. The van der Waals surface area contributed by atoms with Crippen molar-refractivity contribution in [2.75, 3.05) is 13.1 Å². The van der Waals surface area contributed by atoms with Gasteiger partial charge in [0.05, 0.1) is 12.5 Å². The van der Waals surface area contributed by atoms with Crippen LogP contribution in [-0.4, -0.2) is 24.0 Å². The molecule has 2 nitrogen and oxygen atoms in total. The first-order valence-corrected chi connectivity index (χ1v) is 4.91. The summed E-state index contributed by atoms with van der Waals surface area (Å²) in [6.07, 6.45) is 1.81. The molecule has 0 bridgehead atoms. The third kappa shape index (κ3) is 2.57. The van der Waals surface area contributed by atoms with Crippen molar-refractivity contribution >= 4 is 0 Å². The molecular formula is C11H18N2. The molecule has 0 saturated carbocycles. The molecule has 0 N–H and O–H groups in total. The molecule has 0 radical (unpaired) electrons. The highest BCUT2D eigenvalue weighted by atomic mass is 15.1. The molecule has 72 valence electrons. The van der Waals surface area contributed by atoms with Gasteiger partial charge in [-0.3, -0.25) is 4.90 Å². The zero-order valence-corrected chi connectivity index (χ0v) is 8.80. The third-order valence-corrected chi connectivity index (χ3v) is 2.95. The maximum Gasteiger partial charge on any atom is 0.0638 e. The molecule has 0 saturated heterocycles. The Morgan fingerprint density at radius 1 is 1.46 bits per heavy atom. The molecule has 13 heavy (non-hydrogen) atoms. The first kappa shape index (κ1) is 10.3. The standard InChI is InChI=1S/C11H18N2/c1-9-5-7-13(8-10(9)2)11(3)4-6-12/h11H,4-5,7-8H2,1-3H3. The van der Waals surface area contributed by atoms with E-state index in [2.05, 4.69) is 31.7 Å². The maximum absolute atomic E-state index is 8.60. The van der Waals surface area contributed by atoms with E-state index >= 15 is 0 Å². The predicted molar refractivity (Wildman–Crippen MR) is 54.3 cm³/mol. The van der Waals surface area contributed by atoms with Crippen LogP contribution < -0.4 is 0 Å². The van der Waals surface area contributed by atoms with Crippen molar-refractivity contribution in [3.05, 3.63) is 11.1 Å². The molecule has 0 aromatic rings. The lowest BCUT2D eigenvalue weighted by Gasteiger charge is -2.32. The molecule has 1 aliphatic heterocycles. The summed E-state index contributed by atoms with van der Waals surface area (Å²) >= 11 is 0. The fourth-order valence-corrected chi connectivity index (χ4v) is 1.68. The number of hydrogen-bond donors (Lipinski definition) is 0. The van der Waals surface area contributed by atoms with Crippen molar-refractivity contribution in [3.8, 4) is 6.07 Å². The normalized spacial score (nSPS) is 21.4. The molecule has 1 aliphatic rings. The van der Waals surface area contributed by atoms with E-state index in [9.17, 15) is 0 Å². The number of hydrogen-bond acceptors (Lipinski definition) is 2. The van der Waals surface area contributed by atoms with E-state index in [1.807, 2.05) is 0 Å². The number of rotatable bonds is 2. The second kappa shape index (κ2) is 4.43. The average Bonchev–Trinajstić information content (AvgIpc) is 2.10. The molecule has 1 atom stereocenters. The van der Waals surface area contributed by atoms with Gasteiger partial charge in [-0.15, -0.1) is 0 Å². The van der Waals surface area contributed by atoms with Gasteiger partial charge in [0.2, 0.25) is 0 Å². The first-order valence-electron chi connectivity index (χ1n) is 4.91. The fraction of sp³-hybridized carbons (Fsp3) is 0.727. The van der Waals surface area contributed by atoms with Crippen LogP contribution in [0.3, 0.4) is 0 Å². The van der Waals surface area contributed by atoms with Gasteiger partial charge in [0.25, 0.3) is 0 Å². The highest BCUT2D eigenvalue weighted by Gasteiger charge is 2.18. The highest BCUT2D eigenvalue weighted by Crippen LogP contribution is 2.19. The van der Waals surface area contributed by atoms with E-state index in [1.54, 1.807) is 0 Å². The molecular weight excluding hydrogens is 160 g/mol. The van der Waals surface area contributed by atoms with Gasteiger partial charge in [-0.25, -0.2) is 0 Å². The van der Waals surface area contributed by atoms with Crippen LogP contribution in [-0.2, 0) is 0 Å². The van der Waals surface area contributed by atoms with Crippen LogP contribution in [0.1, 0.15) is 33.6 Å². The fourth-order valence-electron chi connectivity index (χ4n) is 1.68. The minimum Gasteiger partial charge on any atom is -0.295 e. The maximum atomic E-state index is 8.60. The van der Waals surface area contributed by atoms with Crippen molar-refractivity contribution in [3.63, 3.8) is 0 Å². The molecule has 2 heteroatoms. The topological polar surface area (TPSA) is 27.0 Å². The van der Waals surface area contributed by atoms with Crippen LogP contribution >= 0.6 is 0 Å². The van der Waals surface area contributed by atoms with Crippen LogP contribution in [0.25, 0.3) is 0 Å². The van der Waals surface area contributed by atoms with Crippen LogP contribution in [0.5, 0.6) is 0 Å². The minimum atomic E-state index is 0.410. The van der Waals surface area contributed by atoms with Crippen LogP contribution in [0.4, 0.5) is 0 Å². The highest BCUT2D eigenvalue weighted by molar-refractivity contribution is 5.15. The zero-order valence-electron chi connectivity index (χ0n) is 8.80. The Morgan fingerprint density at radius 2 is 2.15 bits per heavy atom. The van der Waals surface area contributed by atoms with E-state index in [0.717, 1.165) is 13.1 Å². The van der Waals surface area contributed by atoms with Crippen molar-refractivity contribution in [2.45, 2.75) is 39.7 Å². The monoisotopic (exact) mass is 178 g/mol. The van der Waals surface area contributed by atoms with Crippen LogP contribution in [0, 0.1) is 11.3 Å². The van der Waals surface area contributed by atoms with Gasteiger partial charge < -0.3 is 0 Å². The second-order valence-electron chi connectivity index (χ2n) is 3.99. The Hall–Kier alpha value is -0.810. The number of nitriles is 1. The van der Waals surface area contributed by atoms with E-state index in [1.165, 1.54) is 17.6 Å². The van der Waals surface area contributed by atoms with Gasteiger partial charge in [-0.1, -0.05) is 11.1 Å². The zero-order chi connectivity index (χ0) is 9.84. The molecule has 1 unspecified atom stereocenters. The Balaban J connectivity index is 2.54. The van der Waals surface area contributed by atoms with Crippen LogP contribution in [0.15, 0.2) is 11.1 Å². The number of nitrogens with zero attached hydrogens (tertiary/aromatic N) is 2. The third-order valence-electron chi connectivity index (χ3n) is 2.95. The lowest BCUT2D eigenvalue weighted by molar-refractivity contribution is 0.220. The minimum absolute atomic E-state index is 0.410. The largest absolute Gasteiger partial charge is 0.295 e. The van der Waals surface area contributed by atoms with Crippen molar-refractivity contribution in [2.24, 2.45) is 0 Å². The summed E-state index contributed by atoms with van der Waals surface area (Å²) in [5, 5.41) is 8.60. The van der Waals surface area contributed by atoms with E-state index in [-0.39, 0.29) is 0 Å². The van der Waals surface area contributed by atoms with Crippen molar-refractivity contribution in [1.29, 1.82) is 5.26 Å². The summed E-state index contributed by atoms with van der Waals surface area (Å²) in [5.41, 5.74) is 3.01. The van der Waals surface area contributed by atoms with Gasteiger partial charge >= 0.3 is 0 Å². The quantitative estimate of drug-likeness (QED) is 0.607. The molecule has 0 fully saturated rings. The summed E-state index contributed by atoms with van der Waals surface area (Å²) in [6.45, 7) is 8.71. The summed E-state index contributed by atoms with van der Waals surface area (Å²) in [6, 6.07) is 2.64. The Bertz CT molecular complexity index is 247. The molecule has 1 rings (SSSR count). The predicted octanol–water partition coefficient (Wildman–Crippen LogP) is 2.33. The summed E-state index contributed by atoms with van der Waals surface area (Å²) in [7, 11) is 0. The molecule has 0 spiro atoms. The summed E-state index contributed by atoms with van der Waals surface area (Å²) in [5.74, 6) is 0. The molecule has 0 aromatic heterocycles. The van der Waals surface area contributed by atoms with E-state index in [4.69, 9.17) is 5.26 Å². The van der Waals surface area contributed by atoms with Gasteiger partial charge in [-0.05, 0) is 27.2 Å². The Labute approximate surface area is 80.8 Å². The van der Waals surface area contributed by atoms with Gasteiger partial charge in [0, 0.05) is 19.1 Å². The Morgan fingerprint density at radius 3 is 2.69 bits per heavy atom. The lowest BCUT2D eigenvalue weighted by atomic mass is 10.0.